The van der Waals surface area contributed by atoms with E-state index in [-0.39, 0.29) is 10.8 Å². The predicted molar refractivity (Wildman–Crippen MR) is 107 cm³/mol. The number of carbonyl (C=O) groups is 1. The Hall–Kier alpha value is -1.70. The Balaban J connectivity index is 1.63. The molecule has 0 unspecified atom stereocenters. The highest BCUT2D eigenvalue weighted by Gasteiger charge is 2.29. The normalized spacial score (nSPS) is 17.7. The lowest BCUT2D eigenvalue weighted by Crippen LogP contribution is -2.36. The van der Waals surface area contributed by atoms with Gasteiger partial charge in [-0.05, 0) is 64.5 Å². The number of rotatable bonds is 3. The summed E-state index contributed by atoms with van der Waals surface area (Å²) in [7, 11) is -3.55. The molecule has 0 aromatic heterocycles. The maximum atomic E-state index is 13.1. The van der Waals surface area contributed by atoms with Gasteiger partial charge in [-0.3, -0.25) is 4.79 Å². The molecule has 0 N–H and O–H groups in total. The third-order valence-electron chi connectivity index (χ3n) is 5.29. The van der Waals surface area contributed by atoms with E-state index in [0.29, 0.717) is 36.2 Å². The van der Waals surface area contributed by atoms with Gasteiger partial charge < -0.3 is 4.90 Å². The second-order valence-corrected chi connectivity index (χ2v) is 9.79. The zero-order valence-electron chi connectivity index (χ0n) is 14.9. The van der Waals surface area contributed by atoms with Crippen LogP contribution in [0.4, 0.5) is 0 Å². The quantitative estimate of drug-likeness (QED) is 0.722. The summed E-state index contributed by atoms with van der Waals surface area (Å²) in [5.74, 6) is -0.144. The number of hydrogen-bond donors (Lipinski definition) is 0. The van der Waals surface area contributed by atoms with Crippen LogP contribution in [0.2, 0.25) is 0 Å². The summed E-state index contributed by atoms with van der Waals surface area (Å²) in [6.07, 6.45) is 2.58. The molecule has 2 aromatic rings. The van der Waals surface area contributed by atoms with E-state index >= 15 is 0 Å². The lowest BCUT2D eigenvalue weighted by molar-refractivity contribution is 0.0733. The summed E-state index contributed by atoms with van der Waals surface area (Å²) in [4.78, 5) is 15.1. The third-order valence-corrected chi connectivity index (χ3v) is 7.88. The Morgan fingerprint density at radius 2 is 1.67 bits per heavy atom. The Bertz CT molecular complexity index is 984. The van der Waals surface area contributed by atoms with E-state index in [2.05, 4.69) is 22.0 Å². The summed E-state index contributed by atoms with van der Waals surface area (Å²) in [5.41, 5.74) is 2.81. The van der Waals surface area contributed by atoms with E-state index in [0.717, 1.165) is 24.8 Å². The van der Waals surface area contributed by atoms with Crippen molar-refractivity contribution < 1.29 is 13.2 Å². The molecular weight excluding hydrogens is 428 g/mol. The Labute approximate surface area is 168 Å². The minimum atomic E-state index is -3.55. The second-order valence-electron chi connectivity index (χ2n) is 7.00. The molecule has 0 spiro atoms. The van der Waals surface area contributed by atoms with Crippen LogP contribution in [-0.2, 0) is 23.0 Å². The smallest absolute Gasteiger partial charge is 0.255 e. The molecule has 2 aromatic carbocycles. The number of hydrogen-bond acceptors (Lipinski definition) is 3. The molecule has 7 heteroatoms. The van der Waals surface area contributed by atoms with E-state index in [4.69, 9.17) is 0 Å². The van der Waals surface area contributed by atoms with Crippen LogP contribution in [0.3, 0.4) is 0 Å². The fourth-order valence-corrected chi connectivity index (χ4v) is 5.71. The van der Waals surface area contributed by atoms with Crippen molar-refractivity contribution in [1.29, 1.82) is 0 Å². The number of carbonyl (C=O) groups excluding carboxylic acids is 1. The lowest BCUT2D eigenvalue weighted by atomic mass is 9.99. The molecule has 4 rings (SSSR count). The molecule has 0 aliphatic carbocycles. The minimum Gasteiger partial charge on any atom is -0.334 e. The summed E-state index contributed by atoms with van der Waals surface area (Å²) in [5, 5.41) is 0. The highest BCUT2D eigenvalue weighted by atomic mass is 79.9. The topological polar surface area (TPSA) is 57.7 Å². The van der Waals surface area contributed by atoms with Crippen molar-refractivity contribution in [3.8, 4) is 0 Å². The van der Waals surface area contributed by atoms with Crippen LogP contribution in [0.5, 0.6) is 0 Å². The van der Waals surface area contributed by atoms with Gasteiger partial charge in [-0.15, -0.1) is 0 Å². The summed E-state index contributed by atoms with van der Waals surface area (Å²) in [6.45, 7) is 2.27. The summed E-state index contributed by atoms with van der Waals surface area (Å²) >= 11 is 3.42. The molecule has 0 bridgehead atoms. The molecule has 27 heavy (non-hydrogen) atoms. The van der Waals surface area contributed by atoms with Gasteiger partial charge >= 0.3 is 0 Å². The van der Waals surface area contributed by atoms with E-state index in [1.165, 1.54) is 15.9 Å². The average molecular weight is 449 g/mol. The van der Waals surface area contributed by atoms with Gasteiger partial charge in [-0.2, -0.15) is 4.31 Å². The predicted octanol–water partition coefficient (Wildman–Crippen LogP) is 3.43. The highest BCUT2D eigenvalue weighted by Crippen LogP contribution is 2.28. The summed E-state index contributed by atoms with van der Waals surface area (Å²) in [6, 6.07) is 12.9. The minimum absolute atomic E-state index is 0.144. The van der Waals surface area contributed by atoms with Gasteiger partial charge in [-0.25, -0.2) is 8.42 Å². The monoisotopic (exact) mass is 448 g/mol. The van der Waals surface area contributed by atoms with Gasteiger partial charge in [0.1, 0.15) is 0 Å². The Morgan fingerprint density at radius 3 is 2.41 bits per heavy atom. The standard InChI is InChI=1S/C20H21BrN2O3S/c21-19-8-7-17(27(25,26)23-10-3-4-11-23)13-18(19)20(24)22-12-9-15-5-1-2-6-16(15)14-22/h1-2,5-8,13H,3-4,9-12,14H2. The molecule has 2 heterocycles. The van der Waals surface area contributed by atoms with Gasteiger partial charge in [0.25, 0.3) is 5.91 Å². The van der Waals surface area contributed by atoms with Crippen molar-refractivity contribution in [2.24, 2.45) is 0 Å². The maximum Gasteiger partial charge on any atom is 0.255 e. The van der Waals surface area contributed by atoms with Gasteiger partial charge in [0.05, 0.1) is 10.5 Å². The molecule has 0 radical (unpaired) electrons. The molecule has 1 amide bonds. The van der Waals surface area contributed by atoms with Gasteiger partial charge in [0.2, 0.25) is 10.0 Å². The largest absolute Gasteiger partial charge is 0.334 e. The van der Waals surface area contributed by atoms with Gasteiger partial charge in [-0.1, -0.05) is 24.3 Å². The number of amides is 1. The second kappa shape index (κ2) is 7.37. The van der Waals surface area contributed by atoms with Crippen molar-refractivity contribution in [3.63, 3.8) is 0 Å². The Kier molecular flexibility index (Phi) is 5.09. The molecule has 2 aliphatic heterocycles. The lowest BCUT2D eigenvalue weighted by Gasteiger charge is -2.29. The molecule has 1 saturated heterocycles. The molecule has 0 saturated carbocycles. The first-order valence-electron chi connectivity index (χ1n) is 9.12. The van der Waals surface area contributed by atoms with Crippen LogP contribution in [0.1, 0.15) is 34.3 Å². The number of nitrogens with zero attached hydrogens (tertiary/aromatic N) is 2. The van der Waals surface area contributed by atoms with E-state index in [1.807, 2.05) is 18.2 Å². The summed E-state index contributed by atoms with van der Waals surface area (Å²) < 4.78 is 27.8. The average Bonchev–Trinajstić information content (AvgIpc) is 3.23. The van der Waals surface area contributed by atoms with E-state index in [1.54, 1.807) is 17.0 Å². The third kappa shape index (κ3) is 3.56. The SMILES string of the molecule is O=C(c1cc(S(=O)(=O)N2CCCC2)ccc1Br)N1CCc2ccccc2C1. The molecule has 2 aliphatic rings. The van der Waals surface area contributed by atoms with Crippen LogP contribution in [0.25, 0.3) is 0 Å². The number of fused-ring (bicyclic) bond motifs is 1. The van der Waals surface area contributed by atoms with Crippen molar-refractivity contribution >= 4 is 31.9 Å². The van der Waals surface area contributed by atoms with Crippen molar-refractivity contribution in [3.05, 3.63) is 63.6 Å². The van der Waals surface area contributed by atoms with Gasteiger partial charge in [0.15, 0.2) is 0 Å². The fraction of sp³-hybridized carbons (Fsp3) is 0.350. The van der Waals surface area contributed by atoms with Crippen molar-refractivity contribution in [2.75, 3.05) is 19.6 Å². The molecule has 0 atom stereocenters. The van der Waals surface area contributed by atoms with Crippen LogP contribution in [0, 0.1) is 0 Å². The number of benzene rings is 2. The van der Waals surface area contributed by atoms with E-state index < -0.39 is 10.0 Å². The number of sulfonamides is 1. The van der Waals surface area contributed by atoms with Crippen molar-refractivity contribution in [2.45, 2.75) is 30.7 Å². The first-order chi connectivity index (χ1) is 13.0. The molecule has 5 nitrogen and oxygen atoms in total. The zero-order valence-corrected chi connectivity index (χ0v) is 17.3. The number of halogens is 1. The highest BCUT2D eigenvalue weighted by molar-refractivity contribution is 9.10. The van der Waals surface area contributed by atoms with Crippen LogP contribution >= 0.6 is 15.9 Å². The van der Waals surface area contributed by atoms with Crippen LogP contribution in [0.15, 0.2) is 51.8 Å². The van der Waals surface area contributed by atoms with Gasteiger partial charge in [0, 0.05) is 30.7 Å². The zero-order chi connectivity index (χ0) is 19.0. The first-order valence-corrected chi connectivity index (χ1v) is 11.4. The molecule has 142 valence electrons. The first kappa shape index (κ1) is 18.7. The Morgan fingerprint density at radius 1 is 0.963 bits per heavy atom. The fourth-order valence-electron chi connectivity index (χ4n) is 3.75. The van der Waals surface area contributed by atoms with Crippen LogP contribution in [-0.4, -0.2) is 43.2 Å². The maximum absolute atomic E-state index is 13.1. The van der Waals surface area contributed by atoms with Crippen LogP contribution < -0.4 is 0 Å². The molecular formula is C20H21BrN2O3S. The van der Waals surface area contributed by atoms with Crippen molar-refractivity contribution in [1.82, 2.24) is 9.21 Å². The molecule has 1 fully saturated rings. The van der Waals surface area contributed by atoms with E-state index in [9.17, 15) is 13.2 Å².